The molecule has 18 heavy (non-hydrogen) atoms. The smallest absolute Gasteiger partial charge is 0.291 e. The van der Waals surface area contributed by atoms with Gasteiger partial charge in [0, 0.05) is 13.4 Å². The van der Waals surface area contributed by atoms with Gasteiger partial charge in [-0.15, -0.1) is 0 Å². The first-order valence-corrected chi connectivity index (χ1v) is 6.67. The van der Waals surface area contributed by atoms with Crippen molar-refractivity contribution in [2.24, 2.45) is 5.41 Å². The van der Waals surface area contributed by atoms with Gasteiger partial charge in [-0.2, -0.15) is 0 Å². The average Bonchev–Trinajstić information content (AvgIpc) is 2.36. The van der Waals surface area contributed by atoms with Crippen molar-refractivity contribution in [3.05, 3.63) is 0 Å². The van der Waals surface area contributed by atoms with Crippen molar-refractivity contribution >= 4 is 17.5 Å². The van der Waals surface area contributed by atoms with E-state index in [0.717, 1.165) is 12.8 Å². The third kappa shape index (κ3) is 2.98. The van der Waals surface area contributed by atoms with Gasteiger partial charge in [-0.25, -0.2) is 0 Å². The molecule has 0 aromatic carbocycles. The van der Waals surface area contributed by atoms with Crippen molar-refractivity contribution in [3.63, 3.8) is 0 Å². The summed E-state index contributed by atoms with van der Waals surface area (Å²) in [7, 11) is 0. The van der Waals surface area contributed by atoms with E-state index < -0.39 is 17.4 Å². The van der Waals surface area contributed by atoms with E-state index in [1.807, 2.05) is 6.92 Å². The van der Waals surface area contributed by atoms with Gasteiger partial charge in [-0.05, 0) is 32.6 Å². The highest BCUT2D eigenvalue weighted by Gasteiger charge is 2.38. The van der Waals surface area contributed by atoms with Gasteiger partial charge in [0.2, 0.25) is 5.78 Å². The van der Waals surface area contributed by atoms with Crippen molar-refractivity contribution in [2.45, 2.75) is 59.4 Å². The predicted molar refractivity (Wildman–Crippen MR) is 71.2 cm³/mol. The molecule has 1 unspecified atom stereocenters. The van der Waals surface area contributed by atoms with Gasteiger partial charge in [-0.3, -0.25) is 14.4 Å². The molecule has 0 N–H and O–H groups in total. The maximum absolute atomic E-state index is 12.2. The van der Waals surface area contributed by atoms with Gasteiger partial charge >= 0.3 is 0 Å². The molecule has 0 bridgehead atoms. The van der Waals surface area contributed by atoms with Crippen molar-refractivity contribution in [2.75, 3.05) is 6.54 Å². The SMILES string of the molecule is CCC(C)(C)C(=O)C(=O)N1CCCCC1C(C)=O.[HH]. The second-order valence-electron chi connectivity index (χ2n) is 5.69. The average molecular weight is 255 g/mol. The standard InChI is InChI=1S/C14H23NO3.H2/c1-5-14(3,4)12(17)13(18)15-9-7-6-8-11(15)10(2)16;/h11H,5-9H2,1-4H3;1H. The lowest BCUT2D eigenvalue weighted by Gasteiger charge is -2.35. The molecule has 1 atom stereocenters. The van der Waals surface area contributed by atoms with Crippen LogP contribution < -0.4 is 0 Å². The summed E-state index contributed by atoms with van der Waals surface area (Å²) in [6.45, 7) is 7.46. The van der Waals surface area contributed by atoms with Gasteiger partial charge in [0.15, 0.2) is 5.78 Å². The largest absolute Gasteiger partial charge is 0.326 e. The molecule has 0 saturated carbocycles. The van der Waals surface area contributed by atoms with E-state index in [4.69, 9.17) is 0 Å². The Morgan fingerprint density at radius 2 is 1.89 bits per heavy atom. The van der Waals surface area contributed by atoms with Crippen LogP contribution in [0, 0.1) is 5.41 Å². The van der Waals surface area contributed by atoms with E-state index in [1.54, 1.807) is 13.8 Å². The number of rotatable bonds is 4. The van der Waals surface area contributed by atoms with Crippen LogP contribution in [-0.2, 0) is 14.4 Å². The summed E-state index contributed by atoms with van der Waals surface area (Å²) in [5, 5.41) is 0. The fourth-order valence-electron chi connectivity index (χ4n) is 2.18. The minimum Gasteiger partial charge on any atom is -0.326 e. The number of carbonyl (C=O) groups is 3. The third-order valence-electron chi connectivity index (χ3n) is 3.93. The summed E-state index contributed by atoms with van der Waals surface area (Å²) in [4.78, 5) is 37.4. The topological polar surface area (TPSA) is 54.5 Å². The van der Waals surface area contributed by atoms with Gasteiger partial charge in [0.25, 0.3) is 5.91 Å². The van der Waals surface area contributed by atoms with Crippen LogP contribution in [0.4, 0.5) is 0 Å². The van der Waals surface area contributed by atoms with E-state index in [0.29, 0.717) is 19.4 Å². The predicted octanol–water partition coefficient (Wildman–Crippen LogP) is 2.21. The highest BCUT2D eigenvalue weighted by molar-refractivity contribution is 6.38. The second kappa shape index (κ2) is 5.63. The van der Waals surface area contributed by atoms with E-state index in [1.165, 1.54) is 11.8 Å². The monoisotopic (exact) mass is 255 g/mol. The summed E-state index contributed by atoms with van der Waals surface area (Å²) in [5.74, 6) is -0.884. The van der Waals surface area contributed by atoms with Crippen molar-refractivity contribution in [1.29, 1.82) is 0 Å². The highest BCUT2D eigenvalue weighted by atomic mass is 16.2. The lowest BCUT2D eigenvalue weighted by molar-refractivity contribution is -0.153. The van der Waals surface area contributed by atoms with Crippen molar-refractivity contribution < 1.29 is 15.8 Å². The summed E-state index contributed by atoms with van der Waals surface area (Å²) >= 11 is 0. The molecule has 0 aromatic heterocycles. The number of amides is 1. The molecular weight excluding hydrogens is 230 g/mol. The maximum atomic E-state index is 12.2. The lowest BCUT2D eigenvalue weighted by atomic mass is 9.84. The molecule has 1 aliphatic heterocycles. The van der Waals surface area contributed by atoms with Crippen LogP contribution in [0.3, 0.4) is 0 Å². The molecule has 1 heterocycles. The number of Topliss-reactive ketones (excluding diaryl/α,β-unsaturated/α-hetero) is 2. The minimum absolute atomic E-state index is 0. The Kier molecular flexibility index (Phi) is 4.65. The second-order valence-corrected chi connectivity index (χ2v) is 5.69. The Hall–Kier alpha value is -1.19. The molecule has 1 aliphatic rings. The van der Waals surface area contributed by atoms with Crippen LogP contribution in [0.5, 0.6) is 0 Å². The first kappa shape index (κ1) is 14.9. The van der Waals surface area contributed by atoms with E-state index in [9.17, 15) is 14.4 Å². The Bertz CT molecular complexity index is 366. The van der Waals surface area contributed by atoms with Gasteiger partial charge < -0.3 is 4.90 Å². The molecule has 104 valence electrons. The molecule has 0 spiro atoms. The molecule has 4 nitrogen and oxygen atoms in total. The quantitative estimate of drug-likeness (QED) is 0.724. The summed E-state index contributed by atoms with van der Waals surface area (Å²) in [6.07, 6.45) is 3.12. The van der Waals surface area contributed by atoms with E-state index in [2.05, 4.69) is 0 Å². The zero-order valence-corrected chi connectivity index (χ0v) is 11.8. The van der Waals surface area contributed by atoms with Crippen LogP contribution in [0.25, 0.3) is 0 Å². The van der Waals surface area contributed by atoms with Crippen LogP contribution in [0.1, 0.15) is 54.8 Å². The van der Waals surface area contributed by atoms with Gasteiger partial charge in [0.1, 0.15) is 0 Å². The summed E-state index contributed by atoms with van der Waals surface area (Å²) in [5.41, 5.74) is -0.643. The number of nitrogens with zero attached hydrogens (tertiary/aromatic N) is 1. The summed E-state index contributed by atoms with van der Waals surface area (Å²) in [6, 6.07) is -0.400. The Balaban J connectivity index is 0.00000324. The number of ketones is 2. The molecule has 1 rings (SSSR count). The number of hydrogen-bond donors (Lipinski definition) is 0. The number of piperidine rings is 1. The van der Waals surface area contributed by atoms with E-state index in [-0.39, 0.29) is 13.0 Å². The van der Waals surface area contributed by atoms with Crippen molar-refractivity contribution in [1.82, 2.24) is 4.90 Å². The zero-order valence-electron chi connectivity index (χ0n) is 11.8. The van der Waals surface area contributed by atoms with Crippen LogP contribution in [0.15, 0.2) is 0 Å². The number of carbonyl (C=O) groups excluding carboxylic acids is 3. The van der Waals surface area contributed by atoms with Crippen LogP contribution in [-0.4, -0.2) is 35.0 Å². The number of likely N-dealkylation sites (tertiary alicyclic amines) is 1. The molecule has 1 fully saturated rings. The fourth-order valence-corrected chi connectivity index (χ4v) is 2.18. The Labute approximate surface area is 110 Å². The number of hydrogen-bond acceptors (Lipinski definition) is 3. The van der Waals surface area contributed by atoms with E-state index >= 15 is 0 Å². The Morgan fingerprint density at radius 1 is 1.28 bits per heavy atom. The summed E-state index contributed by atoms with van der Waals surface area (Å²) < 4.78 is 0. The molecule has 4 heteroatoms. The first-order chi connectivity index (χ1) is 8.31. The highest BCUT2D eigenvalue weighted by Crippen LogP contribution is 2.25. The normalized spacial score (nSPS) is 20.7. The molecule has 1 amide bonds. The molecule has 0 aromatic rings. The van der Waals surface area contributed by atoms with Crippen LogP contribution in [0.2, 0.25) is 0 Å². The fraction of sp³-hybridized carbons (Fsp3) is 0.786. The molecular formula is C14H25NO3. The molecule has 0 radical (unpaired) electrons. The van der Waals surface area contributed by atoms with Crippen LogP contribution >= 0.6 is 0 Å². The zero-order chi connectivity index (χ0) is 13.9. The van der Waals surface area contributed by atoms with Crippen molar-refractivity contribution in [3.8, 4) is 0 Å². The lowest BCUT2D eigenvalue weighted by Crippen LogP contribution is -2.52. The van der Waals surface area contributed by atoms with Gasteiger partial charge in [0.05, 0.1) is 6.04 Å². The van der Waals surface area contributed by atoms with Gasteiger partial charge in [-0.1, -0.05) is 20.8 Å². The molecule has 0 aliphatic carbocycles. The first-order valence-electron chi connectivity index (χ1n) is 6.67. The third-order valence-corrected chi connectivity index (χ3v) is 3.93. The minimum atomic E-state index is -0.643. The maximum Gasteiger partial charge on any atom is 0.291 e. The Morgan fingerprint density at radius 3 is 2.39 bits per heavy atom. The molecule has 1 saturated heterocycles.